The first-order valence-corrected chi connectivity index (χ1v) is 20.3. The van der Waals surface area contributed by atoms with Crippen LogP contribution in [0, 0.1) is 28.1 Å². The Balaban J connectivity index is 0.000000844. The smallest absolute Gasteiger partial charge is 0.404 e. The largest absolute Gasteiger partial charge is 0.461 e. The Morgan fingerprint density at radius 1 is 0.661 bits per heavy atom. The zero-order chi connectivity index (χ0) is 45.4. The van der Waals surface area contributed by atoms with Crippen LogP contribution in [-0.4, -0.2) is 54.8 Å². The monoisotopic (exact) mass is 897 g/mol. The van der Waals surface area contributed by atoms with Gasteiger partial charge in [0.05, 0.1) is 44.3 Å². The number of nitrogens with zero attached hydrogens (tertiary/aromatic N) is 3. The molecule has 0 bridgehead atoms. The third-order valence-electron chi connectivity index (χ3n) is 8.99. The molecule has 0 saturated heterocycles. The number of carbonyl (C=O) groups excluding carboxylic acids is 2. The molecule has 0 aliphatic carbocycles. The molecule has 4 rings (SSSR count). The minimum atomic E-state index is -0.924. The summed E-state index contributed by atoms with van der Waals surface area (Å²) in [6.07, 6.45) is 2.81. The molecule has 14 heteroatoms. The predicted octanol–water partition coefficient (Wildman–Crippen LogP) is 11.4. The fourth-order valence-electron chi connectivity index (χ4n) is 5.38. The second kappa shape index (κ2) is 32.5. The van der Waals surface area contributed by atoms with Crippen LogP contribution in [0.3, 0.4) is 0 Å². The predicted molar refractivity (Wildman–Crippen MR) is 244 cm³/mol. The van der Waals surface area contributed by atoms with Crippen LogP contribution < -0.4 is 11.5 Å². The fourth-order valence-corrected chi connectivity index (χ4v) is 5.43. The van der Waals surface area contributed by atoms with Crippen molar-refractivity contribution in [1.82, 2.24) is 0 Å². The zero-order valence-electron chi connectivity index (χ0n) is 35.8. The fraction of sp³-hybridized carbons (Fsp3) is 0.396. The molecule has 0 aromatic heterocycles. The Bertz CT molecular complexity index is 1880. The van der Waals surface area contributed by atoms with Crippen molar-refractivity contribution in [2.45, 2.75) is 90.0 Å². The van der Waals surface area contributed by atoms with Gasteiger partial charge in [0.15, 0.2) is 0 Å². The number of rotatable bonds is 19. The van der Waals surface area contributed by atoms with Crippen molar-refractivity contribution < 1.29 is 32.2 Å². The summed E-state index contributed by atoms with van der Waals surface area (Å²) in [6.45, 7) is 4.91. The second-order valence-electron chi connectivity index (χ2n) is 14.8. The topological polar surface area (TPSA) is 165 Å². The number of esters is 1. The van der Waals surface area contributed by atoms with Gasteiger partial charge in [-0.2, -0.15) is 10.5 Å². The van der Waals surface area contributed by atoms with Crippen molar-refractivity contribution in [3.63, 3.8) is 0 Å². The Hall–Kier alpha value is -5.24. The number of alkyl halides is 3. The highest BCUT2D eigenvalue weighted by Crippen LogP contribution is 2.27. The number of carbonyl (C=O) groups is 2. The van der Waals surface area contributed by atoms with E-state index in [1.54, 1.807) is 13.8 Å². The Labute approximate surface area is 376 Å². The van der Waals surface area contributed by atoms with E-state index < -0.39 is 29.9 Å². The van der Waals surface area contributed by atoms with Crippen molar-refractivity contribution in [2.24, 2.45) is 21.9 Å². The Morgan fingerprint density at radius 2 is 1.06 bits per heavy atom. The lowest BCUT2D eigenvalue weighted by Crippen LogP contribution is -2.33. The molecule has 0 spiro atoms. The highest BCUT2D eigenvalue weighted by atomic mass is 35.5. The van der Waals surface area contributed by atoms with E-state index in [4.69, 9.17) is 38.1 Å². The summed E-state index contributed by atoms with van der Waals surface area (Å²) in [5, 5.41) is 17.8. The third-order valence-corrected chi connectivity index (χ3v) is 9.10. The summed E-state index contributed by atoms with van der Waals surface area (Å²) >= 11 is 4.97. The summed E-state index contributed by atoms with van der Waals surface area (Å²) in [5.41, 5.74) is 12.7. The quantitative estimate of drug-likeness (QED) is 0.0533. The van der Waals surface area contributed by atoms with Gasteiger partial charge in [0.1, 0.15) is 24.3 Å². The first kappa shape index (κ1) is 56.8. The molecule has 3 atom stereocenters. The van der Waals surface area contributed by atoms with E-state index in [2.05, 4.69) is 10.8 Å². The van der Waals surface area contributed by atoms with E-state index in [0.29, 0.717) is 45.1 Å². The van der Waals surface area contributed by atoms with Gasteiger partial charge in [0.2, 0.25) is 0 Å². The van der Waals surface area contributed by atoms with Gasteiger partial charge in [0, 0.05) is 22.7 Å². The molecular formula is C48H60Cl2F3N5O4. The minimum Gasteiger partial charge on any atom is -0.461 e. The maximum Gasteiger partial charge on any atom is 0.404 e. The average molecular weight is 899 g/mol. The summed E-state index contributed by atoms with van der Waals surface area (Å²) in [6, 6.07) is 42.5. The third kappa shape index (κ3) is 25.5. The molecule has 62 heavy (non-hydrogen) atoms. The van der Waals surface area contributed by atoms with Gasteiger partial charge in [-0.1, -0.05) is 128 Å². The molecule has 4 aromatic carbocycles. The van der Waals surface area contributed by atoms with E-state index in [0.717, 1.165) is 28.0 Å². The van der Waals surface area contributed by atoms with Crippen molar-refractivity contribution in [3.8, 4) is 12.1 Å². The number of aliphatic imine (C=N–C) groups is 1. The van der Waals surface area contributed by atoms with E-state index in [1.807, 2.05) is 134 Å². The summed E-state index contributed by atoms with van der Waals surface area (Å²) in [4.78, 5) is 26.6. The number of nitrogens with two attached hydrogens (primary N) is 2. The van der Waals surface area contributed by atoms with Crippen LogP contribution in [0.4, 0.5) is 18.0 Å². The van der Waals surface area contributed by atoms with Crippen molar-refractivity contribution >= 4 is 41.1 Å². The SMILES string of the molecule is CC(C#N)(CCCF)N=C(c1ccccc1)c1ccccc1.CC(CN)(CCCF)CC(=O)OCc1ccccc1.CC(N)(C#N)CCCF.Cl.O=C(Cl)OCc1ccccc1. The number of nitriles is 2. The molecular weight excluding hydrogens is 838 g/mol. The Morgan fingerprint density at radius 3 is 1.45 bits per heavy atom. The van der Waals surface area contributed by atoms with Gasteiger partial charge < -0.3 is 20.9 Å². The minimum absolute atomic E-state index is 0. The number of ether oxygens (including phenoxy) is 2. The normalized spacial score (nSPS) is 12.8. The van der Waals surface area contributed by atoms with Crippen LogP contribution in [-0.2, 0) is 27.5 Å². The van der Waals surface area contributed by atoms with Crippen LogP contribution in [0.1, 0.15) is 88.0 Å². The molecule has 4 aromatic rings. The number of benzene rings is 4. The molecule has 0 aliphatic heterocycles. The van der Waals surface area contributed by atoms with Crippen LogP contribution in [0.15, 0.2) is 126 Å². The van der Waals surface area contributed by atoms with E-state index in [1.165, 1.54) is 0 Å². The van der Waals surface area contributed by atoms with Crippen LogP contribution >= 0.6 is 24.0 Å². The van der Waals surface area contributed by atoms with E-state index in [-0.39, 0.29) is 50.1 Å². The van der Waals surface area contributed by atoms with Crippen LogP contribution in [0.25, 0.3) is 0 Å². The highest BCUT2D eigenvalue weighted by molar-refractivity contribution is 6.61. The second-order valence-corrected chi connectivity index (χ2v) is 15.1. The van der Waals surface area contributed by atoms with Gasteiger partial charge in [-0.25, -0.2) is 4.79 Å². The van der Waals surface area contributed by atoms with Crippen molar-refractivity contribution in [3.05, 3.63) is 144 Å². The lowest BCUT2D eigenvalue weighted by Gasteiger charge is -2.26. The molecule has 0 radical (unpaired) electrons. The number of hydrogen-bond acceptors (Lipinski definition) is 9. The molecule has 0 heterocycles. The van der Waals surface area contributed by atoms with Crippen molar-refractivity contribution in [2.75, 3.05) is 26.6 Å². The summed E-state index contributed by atoms with van der Waals surface area (Å²) in [5.74, 6) is -0.282. The molecule has 3 unspecified atom stereocenters. The van der Waals surface area contributed by atoms with Gasteiger partial charge >= 0.3 is 11.4 Å². The van der Waals surface area contributed by atoms with Gasteiger partial charge in [-0.05, 0) is 75.5 Å². The molecule has 0 amide bonds. The molecule has 0 fully saturated rings. The maximum absolute atomic E-state index is 12.5. The van der Waals surface area contributed by atoms with Crippen LogP contribution in [0.5, 0.6) is 0 Å². The molecule has 0 aliphatic rings. The molecule has 0 saturated carbocycles. The van der Waals surface area contributed by atoms with Gasteiger partial charge in [-0.3, -0.25) is 23.0 Å². The van der Waals surface area contributed by atoms with Gasteiger partial charge in [-0.15, -0.1) is 12.4 Å². The first-order chi connectivity index (χ1) is 29.2. The first-order valence-electron chi connectivity index (χ1n) is 19.9. The summed E-state index contributed by atoms with van der Waals surface area (Å²) < 4.78 is 46.0. The lowest BCUT2D eigenvalue weighted by atomic mass is 9.82. The molecule has 9 nitrogen and oxygen atoms in total. The Kier molecular flexibility index (Phi) is 29.7. The molecule has 4 N–H and O–H groups in total. The number of hydrogen-bond donors (Lipinski definition) is 2. The molecule has 336 valence electrons. The van der Waals surface area contributed by atoms with E-state index >= 15 is 0 Å². The van der Waals surface area contributed by atoms with Crippen LogP contribution in [0.2, 0.25) is 0 Å². The van der Waals surface area contributed by atoms with Crippen molar-refractivity contribution in [1.29, 1.82) is 10.5 Å². The maximum atomic E-state index is 12.5. The standard InChI is InChI=1S/C19H19FN2.C15H22FNO2.C8H7ClO2.C6H11FN2.ClH/c1-19(15-21,13-8-14-20)22-18(16-9-4-2-5-10-16)17-11-6-3-7-12-17;1-15(12-17,8-5-9-16)10-14(18)19-11-13-6-3-2-4-7-13;9-8(10)11-6-7-4-2-1-3-5-7;1-6(9,5-8)3-2-4-7;/h2-7,9-12H,8,13-14H2,1H3;2-4,6-7H,5,8-12,17H2,1H3;1-5H,6H2;2-4,9H2,1H3;1H. The van der Waals surface area contributed by atoms with E-state index in [9.17, 15) is 28.0 Å². The average Bonchev–Trinajstić information content (AvgIpc) is 3.29. The zero-order valence-corrected chi connectivity index (χ0v) is 37.4. The summed E-state index contributed by atoms with van der Waals surface area (Å²) in [7, 11) is 0. The van der Waals surface area contributed by atoms with Gasteiger partial charge in [0.25, 0.3) is 0 Å². The lowest BCUT2D eigenvalue weighted by molar-refractivity contribution is -0.147. The highest BCUT2D eigenvalue weighted by Gasteiger charge is 2.27. The number of halogens is 5.